The molecule has 19 heavy (non-hydrogen) atoms. The predicted octanol–water partition coefficient (Wildman–Crippen LogP) is 1.98. The van der Waals surface area contributed by atoms with Gasteiger partial charge in [-0.2, -0.15) is 13.2 Å². The molecule has 0 aliphatic carbocycles. The summed E-state index contributed by atoms with van der Waals surface area (Å²) in [6.07, 6.45) is -4.86. The molecule has 0 radical (unpaired) electrons. The molecule has 0 atom stereocenters. The van der Waals surface area contributed by atoms with Gasteiger partial charge >= 0.3 is 12.1 Å². The van der Waals surface area contributed by atoms with Crippen molar-refractivity contribution in [2.75, 3.05) is 20.3 Å². The fraction of sp³-hybridized carbons (Fsp3) is 0.417. The van der Waals surface area contributed by atoms with Crippen molar-refractivity contribution >= 4 is 5.91 Å². The van der Waals surface area contributed by atoms with Gasteiger partial charge in [-0.05, 0) is 17.7 Å². The van der Waals surface area contributed by atoms with Crippen molar-refractivity contribution in [3.8, 4) is 11.5 Å². The van der Waals surface area contributed by atoms with Crippen molar-refractivity contribution in [3.63, 3.8) is 0 Å². The maximum absolute atomic E-state index is 12.2. The summed E-state index contributed by atoms with van der Waals surface area (Å²) in [6.45, 7) is 0.696. The Morgan fingerprint density at radius 2 is 1.89 bits per heavy atom. The van der Waals surface area contributed by atoms with Gasteiger partial charge in [0.25, 0.3) is 0 Å². The van der Waals surface area contributed by atoms with Crippen LogP contribution in [-0.2, 0) is 11.3 Å². The van der Waals surface area contributed by atoms with Crippen LogP contribution in [0, 0.1) is 0 Å². The number of ether oxygens (including phenoxy) is 2. The van der Waals surface area contributed by atoms with Crippen LogP contribution < -0.4 is 9.47 Å². The lowest BCUT2D eigenvalue weighted by atomic mass is 10.2. The number of carbonyl (C=O) groups excluding carboxylic acids is 1. The van der Waals surface area contributed by atoms with Crippen molar-refractivity contribution in [1.29, 1.82) is 0 Å². The summed E-state index contributed by atoms with van der Waals surface area (Å²) in [7, 11) is 1.10. The minimum Gasteiger partial charge on any atom is -0.486 e. The fourth-order valence-corrected chi connectivity index (χ4v) is 1.75. The van der Waals surface area contributed by atoms with E-state index in [1.54, 1.807) is 18.2 Å². The molecule has 0 saturated heterocycles. The van der Waals surface area contributed by atoms with Gasteiger partial charge in [-0.15, -0.1) is 0 Å². The first-order valence-electron chi connectivity index (χ1n) is 5.59. The van der Waals surface area contributed by atoms with E-state index < -0.39 is 12.1 Å². The molecule has 4 nitrogen and oxygen atoms in total. The average Bonchev–Trinajstić information content (AvgIpc) is 2.36. The maximum Gasteiger partial charge on any atom is 0.471 e. The van der Waals surface area contributed by atoms with Crippen LogP contribution in [0.3, 0.4) is 0 Å². The van der Waals surface area contributed by atoms with Gasteiger partial charge in [0.1, 0.15) is 13.2 Å². The summed E-state index contributed by atoms with van der Waals surface area (Å²) < 4.78 is 47.3. The summed E-state index contributed by atoms with van der Waals surface area (Å²) in [5.41, 5.74) is 0.546. The second-order valence-corrected chi connectivity index (χ2v) is 4.14. The second kappa shape index (κ2) is 4.99. The third-order valence-corrected chi connectivity index (χ3v) is 2.62. The zero-order valence-corrected chi connectivity index (χ0v) is 10.2. The number of amides is 1. The molecule has 0 unspecified atom stereocenters. The highest BCUT2D eigenvalue weighted by Crippen LogP contribution is 2.31. The minimum atomic E-state index is -4.86. The number of alkyl halides is 3. The first-order chi connectivity index (χ1) is 8.88. The molecular formula is C12H12F3NO3. The molecule has 0 saturated carbocycles. The molecule has 1 aromatic rings. The summed E-state index contributed by atoms with van der Waals surface area (Å²) >= 11 is 0. The molecule has 104 valence electrons. The van der Waals surface area contributed by atoms with Gasteiger partial charge in [0.2, 0.25) is 0 Å². The Balaban J connectivity index is 2.09. The normalized spacial score (nSPS) is 14.1. The van der Waals surface area contributed by atoms with E-state index >= 15 is 0 Å². The maximum atomic E-state index is 12.2. The minimum absolute atomic E-state index is 0.144. The van der Waals surface area contributed by atoms with Crippen LogP contribution in [0.4, 0.5) is 13.2 Å². The summed E-state index contributed by atoms with van der Waals surface area (Å²) in [6, 6.07) is 4.80. The van der Waals surface area contributed by atoms with Crippen LogP contribution in [0.15, 0.2) is 18.2 Å². The van der Waals surface area contributed by atoms with Gasteiger partial charge in [-0.1, -0.05) is 6.07 Å². The lowest BCUT2D eigenvalue weighted by Gasteiger charge is -2.21. The zero-order valence-electron chi connectivity index (χ0n) is 10.2. The number of fused-ring (bicyclic) bond motifs is 1. The van der Waals surface area contributed by atoms with Crippen LogP contribution in [0.25, 0.3) is 0 Å². The third kappa shape index (κ3) is 3.10. The summed E-state index contributed by atoms with van der Waals surface area (Å²) in [5.74, 6) is -0.834. The van der Waals surface area contributed by atoms with Crippen molar-refractivity contribution < 1.29 is 27.4 Å². The Bertz CT molecular complexity index is 488. The lowest BCUT2D eigenvalue weighted by Crippen LogP contribution is -2.37. The topological polar surface area (TPSA) is 38.8 Å². The Kier molecular flexibility index (Phi) is 3.55. The van der Waals surface area contributed by atoms with Gasteiger partial charge in [0.05, 0.1) is 0 Å². The van der Waals surface area contributed by atoms with Crippen LogP contribution in [0.5, 0.6) is 11.5 Å². The van der Waals surface area contributed by atoms with Crippen LogP contribution >= 0.6 is 0 Å². The molecule has 1 heterocycles. The standard InChI is InChI=1S/C12H12F3NO3/c1-16(11(17)12(13,14)15)7-8-2-3-9-10(6-8)19-5-4-18-9/h2-3,6H,4-5,7H2,1H3. The number of halogens is 3. The number of rotatable bonds is 2. The van der Waals surface area contributed by atoms with Crippen molar-refractivity contribution in [2.24, 2.45) is 0 Å². The van der Waals surface area contributed by atoms with Gasteiger partial charge in [0, 0.05) is 13.6 Å². The summed E-state index contributed by atoms with van der Waals surface area (Å²) in [4.78, 5) is 11.6. The molecule has 7 heteroatoms. The number of carbonyl (C=O) groups is 1. The third-order valence-electron chi connectivity index (χ3n) is 2.62. The highest BCUT2D eigenvalue weighted by Gasteiger charge is 2.41. The quantitative estimate of drug-likeness (QED) is 0.828. The smallest absolute Gasteiger partial charge is 0.471 e. The highest BCUT2D eigenvalue weighted by molar-refractivity contribution is 5.81. The van der Waals surface area contributed by atoms with Gasteiger partial charge < -0.3 is 14.4 Å². The molecule has 0 spiro atoms. The lowest BCUT2D eigenvalue weighted by molar-refractivity contribution is -0.184. The van der Waals surface area contributed by atoms with Gasteiger partial charge in [-0.25, -0.2) is 0 Å². The number of benzene rings is 1. The molecule has 1 amide bonds. The van der Waals surface area contributed by atoms with Crippen LogP contribution in [0.1, 0.15) is 5.56 Å². The van der Waals surface area contributed by atoms with E-state index in [-0.39, 0.29) is 6.54 Å². The van der Waals surface area contributed by atoms with Crippen LogP contribution in [0.2, 0.25) is 0 Å². The van der Waals surface area contributed by atoms with E-state index in [1.807, 2.05) is 0 Å². The Morgan fingerprint density at radius 3 is 2.53 bits per heavy atom. The van der Waals surface area contributed by atoms with E-state index in [0.29, 0.717) is 35.2 Å². The first kappa shape index (κ1) is 13.5. The van der Waals surface area contributed by atoms with Crippen molar-refractivity contribution in [1.82, 2.24) is 4.90 Å². The molecule has 1 aromatic carbocycles. The molecule has 2 rings (SSSR count). The van der Waals surface area contributed by atoms with E-state index in [1.165, 1.54) is 0 Å². The van der Waals surface area contributed by atoms with E-state index in [0.717, 1.165) is 7.05 Å². The van der Waals surface area contributed by atoms with E-state index in [4.69, 9.17) is 9.47 Å². The zero-order chi connectivity index (χ0) is 14.0. The molecule has 1 aliphatic heterocycles. The average molecular weight is 275 g/mol. The number of hydrogen-bond acceptors (Lipinski definition) is 3. The Labute approximate surface area is 107 Å². The largest absolute Gasteiger partial charge is 0.486 e. The monoisotopic (exact) mass is 275 g/mol. The predicted molar refractivity (Wildman–Crippen MR) is 60.0 cm³/mol. The number of nitrogens with zero attached hydrogens (tertiary/aromatic N) is 1. The molecule has 0 bridgehead atoms. The van der Waals surface area contributed by atoms with Gasteiger partial charge in [0.15, 0.2) is 11.5 Å². The molecule has 1 aliphatic rings. The Morgan fingerprint density at radius 1 is 1.26 bits per heavy atom. The fourth-order valence-electron chi connectivity index (χ4n) is 1.75. The summed E-state index contributed by atoms with van der Waals surface area (Å²) in [5, 5.41) is 0. The molecule has 0 N–H and O–H groups in total. The molecule has 0 fully saturated rings. The van der Waals surface area contributed by atoms with Crippen LogP contribution in [-0.4, -0.2) is 37.2 Å². The SMILES string of the molecule is CN(Cc1ccc2c(c1)OCCO2)C(=O)C(F)(F)F. The highest BCUT2D eigenvalue weighted by atomic mass is 19.4. The molecule has 0 aromatic heterocycles. The van der Waals surface area contributed by atoms with E-state index in [2.05, 4.69) is 0 Å². The van der Waals surface area contributed by atoms with E-state index in [9.17, 15) is 18.0 Å². The Hall–Kier alpha value is -1.92. The van der Waals surface area contributed by atoms with Gasteiger partial charge in [-0.3, -0.25) is 4.79 Å². The molecular weight excluding hydrogens is 263 g/mol. The first-order valence-corrected chi connectivity index (χ1v) is 5.59. The van der Waals surface area contributed by atoms with Crippen molar-refractivity contribution in [3.05, 3.63) is 23.8 Å². The second-order valence-electron chi connectivity index (χ2n) is 4.14. The van der Waals surface area contributed by atoms with Crippen molar-refractivity contribution in [2.45, 2.75) is 12.7 Å². The number of hydrogen-bond donors (Lipinski definition) is 0.